The minimum absolute atomic E-state index is 0.0712. The number of carbonyl (C=O) groups excluding carboxylic acids is 2. The van der Waals surface area contributed by atoms with Crippen LogP contribution in [0.2, 0.25) is 0 Å². The van der Waals surface area contributed by atoms with Crippen LogP contribution in [0.4, 0.5) is 0 Å². The van der Waals surface area contributed by atoms with Gasteiger partial charge in [-0.1, -0.05) is 96.2 Å². The molecule has 4 aromatic carbocycles. The fourth-order valence-electron chi connectivity index (χ4n) is 6.36. The highest BCUT2D eigenvalue weighted by Gasteiger charge is 2.56. The van der Waals surface area contributed by atoms with Crippen molar-refractivity contribution in [1.29, 1.82) is 0 Å². The second-order valence-electron chi connectivity index (χ2n) is 13.0. The Bertz CT molecular complexity index is 2060. The van der Waals surface area contributed by atoms with Gasteiger partial charge in [-0.3, -0.25) is 9.59 Å². The van der Waals surface area contributed by atoms with Crippen molar-refractivity contribution in [2.24, 2.45) is 0 Å². The molecule has 2 heterocycles. The number of carboxylic acids is 1. The first kappa shape index (κ1) is 37.8. The zero-order valence-corrected chi connectivity index (χ0v) is 28.8. The molecule has 1 aliphatic rings. The van der Waals surface area contributed by atoms with Gasteiger partial charge < -0.3 is 46.0 Å². The molecule has 280 valence electrons. The summed E-state index contributed by atoms with van der Waals surface area (Å²) in [7, 11) is 0. The lowest BCUT2D eigenvalue weighted by Gasteiger charge is -2.46. The van der Waals surface area contributed by atoms with Crippen LogP contribution >= 0.6 is 0 Å². The number of nitrogens with one attached hydrogen (secondary N) is 2. The van der Waals surface area contributed by atoms with Gasteiger partial charge in [-0.05, 0) is 39.9 Å². The molecule has 6 rings (SSSR count). The Kier molecular flexibility index (Phi) is 11.4. The van der Waals surface area contributed by atoms with Gasteiger partial charge in [-0.25, -0.2) is 9.48 Å². The predicted octanol–water partition coefficient (Wildman–Crippen LogP) is 1.43. The third-order valence-electron chi connectivity index (χ3n) is 9.30. The molecule has 2 amide bonds. The summed E-state index contributed by atoms with van der Waals surface area (Å²) >= 11 is 0. The first-order chi connectivity index (χ1) is 26.0. The van der Waals surface area contributed by atoms with Gasteiger partial charge in [0.2, 0.25) is 11.8 Å². The van der Waals surface area contributed by atoms with E-state index in [0.717, 1.165) is 26.9 Å². The summed E-state index contributed by atoms with van der Waals surface area (Å²) in [4.78, 5) is 38.0. The number of rotatable bonds is 13. The predicted molar refractivity (Wildman–Crippen MR) is 193 cm³/mol. The number of ether oxygens (including phenoxy) is 1. The van der Waals surface area contributed by atoms with Gasteiger partial charge in [0.25, 0.3) is 5.72 Å². The second kappa shape index (κ2) is 16.4. The lowest BCUT2D eigenvalue weighted by atomic mass is 9.87. The van der Waals surface area contributed by atoms with Crippen LogP contribution in [0.5, 0.6) is 5.75 Å². The number of aliphatic carboxylic acids is 1. The maximum absolute atomic E-state index is 12.9. The minimum atomic E-state index is -2.46. The molecule has 0 saturated carbocycles. The van der Waals surface area contributed by atoms with Crippen molar-refractivity contribution in [2.45, 2.75) is 49.0 Å². The summed E-state index contributed by atoms with van der Waals surface area (Å²) in [6.45, 7) is -1.49. The molecule has 8 N–H and O–H groups in total. The molecule has 15 heteroatoms. The first-order valence-electron chi connectivity index (χ1n) is 17.1. The van der Waals surface area contributed by atoms with E-state index < -0.39 is 73.5 Å². The number of benzene rings is 4. The molecule has 1 saturated heterocycles. The van der Waals surface area contributed by atoms with Crippen molar-refractivity contribution < 1.29 is 49.8 Å². The molecule has 15 nitrogen and oxygen atoms in total. The van der Waals surface area contributed by atoms with Crippen molar-refractivity contribution in [3.05, 3.63) is 115 Å². The van der Waals surface area contributed by atoms with E-state index in [1.165, 1.54) is 6.20 Å². The molecular weight excluding hydrogens is 698 g/mol. The van der Waals surface area contributed by atoms with E-state index in [9.17, 15) is 45.0 Å². The van der Waals surface area contributed by atoms with Gasteiger partial charge >= 0.3 is 5.97 Å². The van der Waals surface area contributed by atoms with E-state index in [1.54, 1.807) is 48.5 Å². The van der Waals surface area contributed by atoms with Gasteiger partial charge in [-0.2, -0.15) is 0 Å². The van der Waals surface area contributed by atoms with Crippen molar-refractivity contribution in [3.8, 4) is 39.3 Å². The van der Waals surface area contributed by atoms with Crippen LogP contribution in [0.3, 0.4) is 0 Å². The van der Waals surface area contributed by atoms with Crippen molar-refractivity contribution in [1.82, 2.24) is 25.6 Å². The van der Waals surface area contributed by atoms with Crippen LogP contribution in [0.25, 0.3) is 33.5 Å². The highest BCUT2D eigenvalue weighted by molar-refractivity contribution is 5.79. The van der Waals surface area contributed by atoms with Crippen LogP contribution in [0.1, 0.15) is 12.0 Å². The molecule has 6 atom stereocenters. The number of hydrogen-bond donors (Lipinski definition) is 8. The maximum Gasteiger partial charge on any atom is 0.359 e. The molecule has 0 unspecified atom stereocenters. The Balaban J connectivity index is 1.16. The molecule has 1 aliphatic heterocycles. The number of aliphatic hydroxyl groups is 4. The zero-order chi connectivity index (χ0) is 38.4. The lowest BCUT2D eigenvalue weighted by molar-refractivity contribution is -0.257. The Labute approximate surface area is 309 Å². The largest absolute Gasteiger partial charge is 0.508 e. The summed E-state index contributed by atoms with van der Waals surface area (Å²) in [5.74, 6) is -2.92. The van der Waals surface area contributed by atoms with Crippen molar-refractivity contribution >= 4 is 17.8 Å². The average molecular weight is 738 g/mol. The van der Waals surface area contributed by atoms with E-state index in [1.807, 2.05) is 54.6 Å². The van der Waals surface area contributed by atoms with Crippen molar-refractivity contribution in [3.63, 3.8) is 0 Å². The van der Waals surface area contributed by atoms with Gasteiger partial charge in [-0.15, -0.1) is 5.10 Å². The molecule has 1 aromatic heterocycles. The van der Waals surface area contributed by atoms with Crippen LogP contribution in [0.15, 0.2) is 109 Å². The van der Waals surface area contributed by atoms with Crippen molar-refractivity contribution in [2.75, 3.05) is 13.2 Å². The number of aromatic hydroxyl groups is 1. The fraction of sp³-hybridized carbons (Fsp3) is 0.256. The Morgan fingerprint density at radius 1 is 0.833 bits per heavy atom. The molecule has 0 bridgehead atoms. The number of hydrogen-bond acceptors (Lipinski definition) is 11. The average Bonchev–Trinajstić information content (AvgIpc) is 3.69. The number of aliphatic hydroxyl groups excluding tert-OH is 4. The van der Waals surface area contributed by atoms with Gasteiger partial charge in [0.05, 0.1) is 30.9 Å². The molecule has 1 fully saturated rings. The third kappa shape index (κ3) is 8.30. The Morgan fingerprint density at radius 3 is 2.02 bits per heavy atom. The molecule has 0 aliphatic carbocycles. The zero-order valence-electron chi connectivity index (χ0n) is 28.8. The number of nitrogens with zero attached hydrogens (tertiary/aromatic N) is 3. The summed E-state index contributed by atoms with van der Waals surface area (Å²) in [6.07, 6.45) is -6.64. The fourth-order valence-corrected chi connectivity index (χ4v) is 6.36. The molecular formula is C39H39N5O10. The maximum atomic E-state index is 12.9. The minimum Gasteiger partial charge on any atom is -0.508 e. The van der Waals surface area contributed by atoms with E-state index >= 15 is 0 Å². The summed E-state index contributed by atoms with van der Waals surface area (Å²) in [5, 5.41) is 76.0. The standard InChI is InChI=1S/C39H39N5O10/c45-22-34(50)41-35-31(47)19-39(38(52)53,44-21-30(42-43-44)28-12-10-26(11-13-28)24-4-2-1-3-5-24)54-37(35)36(51)32(48)20-40-33(49)18-23-6-8-25(9-7-23)27-14-16-29(46)17-15-27/h1-17,21,31-32,35-37,45-48,51H,18-20,22H2,(H,40,49)(H,41,50)(H,52,53)/t31-,32+,35+,36+,37+,39+/m0/s1. The highest BCUT2D eigenvalue weighted by Crippen LogP contribution is 2.37. The third-order valence-corrected chi connectivity index (χ3v) is 9.30. The first-order valence-corrected chi connectivity index (χ1v) is 17.1. The molecule has 5 aromatic rings. The van der Waals surface area contributed by atoms with Crippen LogP contribution in [0, 0.1) is 0 Å². The number of aromatic nitrogens is 3. The molecule has 0 spiro atoms. The highest BCUT2D eigenvalue weighted by atomic mass is 16.6. The monoisotopic (exact) mass is 737 g/mol. The van der Waals surface area contributed by atoms with Gasteiger partial charge in [0.15, 0.2) is 0 Å². The van der Waals surface area contributed by atoms with Crippen LogP contribution in [-0.4, -0.2) is 107 Å². The van der Waals surface area contributed by atoms with Crippen LogP contribution in [-0.2, 0) is 31.3 Å². The number of carboxylic acid groups (broad SMARTS) is 1. The number of amides is 2. The summed E-state index contributed by atoms with van der Waals surface area (Å²) < 4.78 is 6.88. The summed E-state index contributed by atoms with van der Waals surface area (Å²) in [6, 6.07) is 29.3. The quantitative estimate of drug-likeness (QED) is 0.0857. The second-order valence-corrected chi connectivity index (χ2v) is 13.0. The smallest absolute Gasteiger partial charge is 0.359 e. The topological polar surface area (TPSA) is 237 Å². The van der Waals surface area contributed by atoms with E-state index in [2.05, 4.69) is 20.9 Å². The number of phenols is 1. The lowest BCUT2D eigenvalue weighted by Crippen LogP contribution is -2.68. The number of phenolic OH excluding ortho intramolecular Hbond substituents is 1. The molecule has 54 heavy (non-hydrogen) atoms. The Morgan fingerprint density at radius 2 is 1.41 bits per heavy atom. The van der Waals surface area contributed by atoms with E-state index in [4.69, 9.17) is 4.74 Å². The van der Waals surface area contributed by atoms with Gasteiger partial charge in [0.1, 0.15) is 30.3 Å². The summed E-state index contributed by atoms with van der Waals surface area (Å²) in [5.41, 5.74) is 2.74. The van der Waals surface area contributed by atoms with E-state index in [0.29, 0.717) is 11.1 Å². The normalized spacial score (nSPS) is 20.8. The molecule has 0 radical (unpaired) electrons. The number of carbonyl (C=O) groups is 3. The van der Waals surface area contributed by atoms with Crippen LogP contribution < -0.4 is 10.6 Å². The SMILES string of the molecule is O=C(Cc1ccc(-c2ccc(O)cc2)cc1)NC[C@@H](O)[C@@H](O)[C@@H]1O[C@](C(=O)O)(n2cc(-c3ccc(-c4ccccc4)cc3)nn2)C[C@H](O)[C@H]1NC(=O)CO. The van der Waals surface area contributed by atoms with Gasteiger partial charge in [0, 0.05) is 18.5 Å². The Hall–Kier alpha value is -5.97. The van der Waals surface area contributed by atoms with E-state index in [-0.39, 0.29) is 17.9 Å².